The molecule has 2 aromatic carbocycles. The van der Waals surface area contributed by atoms with Crippen molar-refractivity contribution in [2.45, 2.75) is 13.2 Å². The first kappa shape index (κ1) is 15.0. The molecule has 0 aliphatic rings. The molecule has 0 atom stereocenters. The smallest absolute Gasteiger partial charge is 0.119 e. The van der Waals surface area contributed by atoms with E-state index in [1.807, 2.05) is 66.9 Å². The molecule has 0 fully saturated rings. The Labute approximate surface area is 135 Å². The lowest BCUT2D eigenvalue weighted by Crippen LogP contribution is -1.96. The van der Waals surface area contributed by atoms with Gasteiger partial charge in [0.05, 0.1) is 12.3 Å². The van der Waals surface area contributed by atoms with Crippen molar-refractivity contribution in [1.29, 1.82) is 0 Å². The molecule has 114 valence electrons. The first-order valence-corrected chi connectivity index (χ1v) is 7.40. The zero-order chi connectivity index (χ0) is 15.9. The molecule has 3 rings (SSSR count). The second kappa shape index (κ2) is 7.35. The van der Waals surface area contributed by atoms with Gasteiger partial charge in [0.25, 0.3) is 0 Å². The van der Waals surface area contributed by atoms with Gasteiger partial charge in [-0.05, 0) is 53.4 Å². The summed E-state index contributed by atoms with van der Waals surface area (Å²) in [4.78, 5) is 3.05. The van der Waals surface area contributed by atoms with Crippen LogP contribution in [0.5, 0.6) is 5.75 Å². The van der Waals surface area contributed by atoms with Crippen LogP contribution in [0.15, 0.2) is 66.9 Å². The van der Waals surface area contributed by atoms with E-state index in [9.17, 15) is 0 Å². The molecule has 3 nitrogen and oxygen atoms in total. The first-order valence-electron chi connectivity index (χ1n) is 7.40. The Morgan fingerprint density at radius 3 is 2.48 bits per heavy atom. The van der Waals surface area contributed by atoms with Crippen LogP contribution in [-0.4, -0.2) is 10.1 Å². The van der Waals surface area contributed by atoms with E-state index >= 15 is 0 Å². The Hall–Kier alpha value is -2.96. The fourth-order valence-corrected chi connectivity index (χ4v) is 2.17. The van der Waals surface area contributed by atoms with Gasteiger partial charge in [0.2, 0.25) is 0 Å². The topological polar surface area (TPSA) is 45.2 Å². The number of ether oxygens (including phenoxy) is 1. The highest BCUT2D eigenvalue weighted by Crippen LogP contribution is 2.14. The number of nitrogens with one attached hydrogen (secondary N) is 1. The third-order valence-corrected chi connectivity index (χ3v) is 3.37. The second-order valence-corrected chi connectivity index (χ2v) is 5.12. The third kappa shape index (κ3) is 4.26. The third-order valence-electron chi connectivity index (χ3n) is 3.37. The van der Waals surface area contributed by atoms with E-state index in [1.165, 1.54) is 0 Å². The molecule has 0 saturated heterocycles. The molecule has 23 heavy (non-hydrogen) atoms. The Kier molecular flexibility index (Phi) is 4.78. The fraction of sp³-hybridized carbons (Fsp3) is 0.100. The second-order valence-electron chi connectivity index (χ2n) is 5.12. The highest BCUT2D eigenvalue weighted by Gasteiger charge is 1.98. The highest BCUT2D eigenvalue weighted by molar-refractivity contribution is 5.42. The number of rotatable bonds is 4. The fourth-order valence-electron chi connectivity index (χ4n) is 2.17. The van der Waals surface area contributed by atoms with Crippen molar-refractivity contribution in [3.8, 4) is 17.6 Å². The SMILES string of the molecule is OCc1cccc(COc2ccc(C#Cc3ccc[nH]3)cc2)c1. The lowest BCUT2D eigenvalue weighted by Gasteiger charge is -2.07. The average molecular weight is 303 g/mol. The maximum atomic E-state index is 9.14. The minimum Gasteiger partial charge on any atom is -0.489 e. The summed E-state index contributed by atoms with van der Waals surface area (Å²) in [5.41, 5.74) is 3.76. The number of benzene rings is 2. The molecule has 2 N–H and O–H groups in total. The van der Waals surface area contributed by atoms with Crippen molar-refractivity contribution < 1.29 is 9.84 Å². The molecule has 0 radical (unpaired) electrons. The predicted molar refractivity (Wildman–Crippen MR) is 89.9 cm³/mol. The van der Waals surface area contributed by atoms with Gasteiger partial charge in [0, 0.05) is 11.8 Å². The van der Waals surface area contributed by atoms with Crippen LogP contribution in [0, 0.1) is 11.8 Å². The maximum Gasteiger partial charge on any atom is 0.119 e. The zero-order valence-electron chi connectivity index (χ0n) is 12.6. The summed E-state index contributed by atoms with van der Waals surface area (Å²) in [7, 11) is 0. The van der Waals surface area contributed by atoms with Gasteiger partial charge >= 0.3 is 0 Å². The Balaban J connectivity index is 1.61. The molecule has 0 saturated carbocycles. The molecule has 3 aromatic rings. The van der Waals surface area contributed by atoms with E-state index in [4.69, 9.17) is 9.84 Å². The molecule has 1 heterocycles. The molecule has 0 aliphatic carbocycles. The largest absolute Gasteiger partial charge is 0.489 e. The number of aliphatic hydroxyl groups is 1. The van der Waals surface area contributed by atoms with Gasteiger partial charge in [-0.25, -0.2) is 0 Å². The molecule has 1 aromatic heterocycles. The lowest BCUT2D eigenvalue weighted by molar-refractivity contribution is 0.280. The van der Waals surface area contributed by atoms with E-state index in [2.05, 4.69) is 16.8 Å². The van der Waals surface area contributed by atoms with E-state index in [0.29, 0.717) is 6.61 Å². The minimum absolute atomic E-state index is 0.0437. The quantitative estimate of drug-likeness (QED) is 0.725. The van der Waals surface area contributed by atoms with Crippen LogP contribution in [0.25, 0.3) is 0 Å². The summed E-state index contributed by atoms with van der Waals surface area (Å²) >= 11 is 0. The number of aliphatic hydroxyl groups excluding tert-OH is 1. The first-order chi connectivity index (χ1) is 11.3. The molecular formula is C20H17NO2. The summed E-state index contributed by atoms with van der Waals surface area (Å²) in [6.45, 7) is 0.517. The van der Waals surface area contributed by atoms with Gasteiger partial charge in [0.15, 0.2) is 0 Å². The van der Waals surface area contributed by atoms with Crippen LogP contribution in [0.2, 0.25) is 0 Å². The molecule has 0 amide bonds. The van der Waals surface area contributed by atoms with Crippen LogP contribution in [-0.2, 0) is 13.2 Å². The number of hydrogen-bond donors (Lipinski definition) is 2. The molecule has 0 bridgehead atoms. The molecule has 0 unspecified atom stereocenters. The maximum absolute atomic E-state index is 9.14. The van der Waals surface area contributed by atoms with Crippen LogP contribution >= 0.6 is 0 Å². The predicted octanol–water partition coefficient (Wildman–Crippen LogP) is 3.49. The van der Waals surface area contributed by atoms with Gasteiger partial charge in [-0.2, -0.15) is 0 Å². The number of aromatic nitrogens is 1. The van der Waals surface area contributed by atoms with E-state index in [1.54, 1.807) is 0 Å². The Morgan fingerprint density at radius 2 is 1.74 bits per heavy atom. The average Bonchev–Trinajstić information content (AvgIpc) is 3.13. The van der Waals surface area contributed by atoms with Crippen molar-refractivity contribution in [3.05, 3.63) is 89.2 Å². The Morgan fingerprint density at radius 1 is 0.913 bits per heavy atom. The number of H-pyrrole nitrogens is 1. The van der Waals surface area contributed by atoms with Crippen LogP contribution < -0.4 is 4.74 Å². The number of hydrogen-bond acceptors (Lipinski definition) is 2. The standard InChI is InChI=1S/C20H17NO2/c22-14-17-3-1-4-18(13-17)15-23-20-10-7-16(8-11-20)6-9-19-5-2-12-21-19/h1-5,7-8,10-13,21-22H,14-15H2. The van der Waals surface area contributed by atoms with Gasteiger partial charge < -0.3 is 14.8 Å². The monoisotopic (exact) mass is 303 g/mol. The van der Waals surface area contributed by atoms with Gasteiger partial charge in [-0.1, -0.05) is 30.2 Å². The molecular weight excluding hydrogens is 286 g/mol. The highest BCUT2D eigenvalue weighted by atomic mass is 16.5. The van der Waals surface area contributed by atoms with Crippen molar-refractivity contribution in [1.82, 2.24) is 4.98 Å². The van der Waals surface area contributed by atoms with E-state index in [0.717, 1.165) is 28.1 Å². The van der Waals surface area contributed by atoms with Crippen molar-refractivity contribution in [2.75, 3.05) is 0 Å². The van der Waals surface area contributed by atoms with Gasteiger partial charge in [-0.15, -0.1) is 0 Å². The summed E-state index contributed by atoms with van der Waals surface area (Å²) < 4.78 is 5.76. The number of aromatic amines is 1. The van der Waals surface area contributed by atoms with Crippen molar-refractivity contribution in [2.24, 2.45) is 0 Å². The van der Waals surface area contributed by atoms with Crippen molar-refractivity contribution in [3.63, 3.8) is 0 Å². The summed E-state index contributed by atoms with van der Waals surface area (Å²) in [6.07, 6.45) is 1.85. The molecule has 3 heteroatoms. The summed E-state index contributed by atoms with van der Waals surface area (Å²) in [5, 5.41) is 9.14. The Bertz CT molecular complexity index is 809. The summed E-state index contributed by atoms with van der Waals surface area (Å²) in [6, 6.07) is 19.3. The summed E-state index contributed by atoms with van der Waals surface area (Å²) in [5.74, 6) is 6.96. The normalized spacial score (nSPS) is 9.96. The zero-order valence-corrected chi connectivity index (χ0v) is 12.6. The van der Waals surface area contributed by atoms with Crippen LogP contribution in [0.1, 0.15) is 22.4 Å². The van der Waals surface area contributed by atoms with Crippen molar-refractivity contribution >= 4 is 0 Å². The minimum atomic E-state index is 0.0437. The van der Waals surface area contributed by atoms with Gasteiger partial charge in [0.1, 0.15) is 12.4 Å². The molecule has 0 spiro atoms. The molecule has 0 aliphatic heterocycles. The van der Waals surface area contributed by atoms with E-state index in [-0.39, 0.29) is 6.61 Å². The van der Waals surface area contributed by atoms with Crippen LogP contribution in [0.3, 0.4) is 0 Å². The van der Waals surface area contributed by atoms with Crippen LogP contribution in [0.4, 0.5) is 0 Å². The van der Waals surface area contributed by atoms with Gasteiger partial charge in [-0.3, -0.25) is 0 Å². The van der Waals surface area contributed by atoms with E-state index < -0.39 is 0 Å². The lowest BCUT2D eigenvalue weighted by atomic mass is 10.1.